The van der Waals surface area contributed by atoms with Crippen LogP contribution in [0.4, 0.5) is 0 Å². The van der Waals surface area contributed by atoms with Gasteiger partial charge >= 0.3 is 0 Å². The van der Waals surface area contributed by atoms with E-state index in [1.165, 1.54) is 11.1 Å². The van der Waals surface area contributed by atoms with Gasteiger partial charge in [-0.3, -0.25) is 0 Å². The standard InChI is InChI=1S/C18H26BrNO/c1-5-14(6-2)17(8-7-11-20(3)4)18-10-9-16(19)12-15(18)13-21/h5-6,9-10,12,17,21H,1,7-8,11,13H2,2-4H3/b14-6+. The number of halogens is 1. The molecule has 1 rings (SSSR count). The molecule has 0 aliphatic rings. The van der Waals surface area contributed by atoms with Crippen molar-refractivity contribution in [1.82, 2.24) is 4.90 Å². The van der Waals surface area contributed by atoms with E-state index in [4.69, 9.17) is 0 Å². The first-order chi connectivity index (χ1) is 10.0. The van der Waals surface area contributed by atoms with Crippen molar-refractivity contribution in [3.8, 4) is 0 Å². The summed E-state index contributed by atoms with van der Waals surface area (Å²) in [6.45, 7) is 7.12. The van der Waals surface area contributed by atoms with Gasteiger partial charge in [-0.05, 0) is 69.2 Å². The second kappa shape index (κ2) is 9.19. The zero-order chi connectivity index (χ0) is 15.8. The molecular weight excluding hydrogens is 326 g/mol. The maximum atomic E-state index is 9.66. The Morgan fingerprint density at radius 2 is 2.14 bits per heavy atom. The average molecular weight is 352 g/mol. The maximum Gasteiger partial charge on any atom is 0.0685 e. The lowest BCUT2D eigenvalue weighted by molar-refractivity contribution is 0.280. The third-order valence-electron chi connectivity index (χ3n) is 3.72. The number of benzene rings is 1. The molecule has 1 atom stereocenters. The van der Waals surface area contributed by atoms with Crippen molar-refractivity contribution < 1.29 is 5.11 Å². The van der Waals surface area contributed by atoms with Crippen molar-refractivity contribution in [3.63, 3.8) is 0 Å². The number of hydrogen-bond acceptors (Lipinski definition) is 2. The van der Waals surface area contributed by atoms with Crippen LogP contribution in [0.3, 0.4) is 0 Å². The van der Waals surface area contributed by atoms with Gasteiger partial charge in [-0.15, -0.1) is 0 Å². The van der Waals surface area contributed by atoms with Gasteiger partial charge in [0, 0.05) is 10.4 Å². The molecular formula is C18H26BrNO. The number of allylic oxidation sites excluding steroid dienone is 3. The highest BCUT2D eigenvalue weighted by molar-refractivity contribution is 9.10. The van der Waals surface area contributed by atoms with Crippen molar-refractivity contribution in [2.75, 3.05) is 20.6 Å². The second-order valence-corrected chi connectivity index (χ2v) is 6.41. The summed E-state index contributed by atoms with van der Waals surface area (Å²) < 4.78 is 1.00. The molecule has 0 aliphatic carbocycles. The van der Waals surface area contributed by atoms with Crippen molar-refractivity contribution in [2.24, 2.45) is 0 Å². The molecule has 0 aromatic heterocycles. The topological polar surface area (TPSA) is 23.5 Å². The SMILES string of the molecule is C=C/C(=C\C)C(CCCN(C)C)c1ccc(Br)cc1CO. The summed E-state index contributed by atoms with van der Waals surface area (Å²) in [5, 5.41) is 9.66. The third kappa shape index (κ3) is 5.42. The van der Waals surface area contributed by atoms with Crippen LogP contribution in [0.5, 0.6) is 0 Å². The first-order valence-electron chi connectivity index (χ1n) is 7.36. The Bertz CT molecular complexity index is 494. The van der Waals surface area contributed by atoms with Crippen molar-refractivity contribution in [2.45, 2.75) is 32.3 Å². The van der Waals surface area contributed by atoms with E-state index in [0.717, 1.165) is 29.4 Å². The number of nitrogens with zero attached hydrogens (tertiary/aromatic N) is 1. The lowest BCUT2D eigenvalue weighted by atomic mass is 9.84. The molecule has 0 amide bonds. The normalized spacial score (nSPS) is 13.5. The van der Waals surface area contributed by atoms with Gasteiger partial charge in [0.05, 0.1) is 6.61 Å². The molecule has 1 aromatic carbocycles. The van der Waals surface area contributed by atoms with Gasteiger partial charge in [-0.1, -0.05) is 40.7 Å². The Kier molecular flexibility index (Phi) is 7.94. The third-order valence-corrected chi connectivity index (χ3v) is 4.21. The summed E-state index contributed by atoms with van der Waals surface area (Å²) in [6, 6.07) is 6.16. The van der Waals surface area contributed by atoms with Gasteiger partial charge in [0.1, 0.15) is 0 Å². The van der Waals surface area contributed by atoms with Crippen LogP contribution >= 0.6 is 15.9 Å². The molecule has 116 valence electrons. The molecule has 0 radical (unpaired) electrons. The molecule has 0 spiro atoms. The van der Waals surface area contributed by atoms with E-state index in [9.17, 15) is 5.11 Å². The predicted molar refractivity (Wildman–Crippen MR) is 94.5 cm³/mol. The molecule has 21 heavy (non-hydrogen) atoms. The maximum absolute atomic E-state index is 9.66. The van der Waals surface area contributed by atoms with E-state index in [1.54, 1.807) is 0 Å². The molecule has 0 fully saturated rings. The molecule has 0 aliphatic heterocycles. The minimum atomic E-state index is 0.0626. The molecule has 1 aromatic rings. The van der Waals surface area contributed by atoms with Crippen LogP contribution in [-0.2, 0) is 6.61 Å². The average Bonchev–Trinajstić information content (AvgIpc) is 2.46. The highest BCUT2D eigenvalue weighted by Crippen LogP contribution is 2.33. The minimum Gasteiger partial charge on any atom is -0.392 e. The fraction of sp³-hybridized carbons (Fsp3) is 0.444. The van der Waals surface area contributed by atoms with Crippen molar-refractivity contribution in [3.05, 3.63) is 58.1 Å². The Morgan fingerprint density at radius 3 is 2.67 bits per heavy atom. The molecule has 0 heterocycles. The number of aliphatic hydroxyl groups is 1. The smallest absolute Gasteiger partial charge is 0.0685 e. The molecule has 3 heteroatoms. The summed E-state index contributed by atoms with van der Waals surface area (Å²) in [7, 11) is 4.19. The number of hydrogen-bond donors (Lipinski definition) is 1. The van der Waals surface area contributed by atoms with Crippen LogP contribution in [0.1, 0.15) is 36.8 Å². The summed E-state index contributed by atoms with van der Waals surface area (Å²) in [6.07, 6.45) is 6.22. The van der Waals surface area contributed by atoms with Crippen LogP contribution < -0.4 is 0 Å². The van der Waals surface area contributed by atoms with Crippen LogP contribution in [-0.4, -0.2) is 30.6 Å². The van der Waals surface area contributed by atoms with Gasteiger partial charge in [-0.25, -0.2) is 0 Å². The van der Waals surface area contributed by atoms with Crippen molar-refractivity contribution >= 4 is 15.9 Å². The molecule has 0 bridgehead atoms. The number of aliphatic hydroxyl groups excluding tert-OH is 1. The van der Waals surface area contributed by atoms with Crippen LogP contribution in [0, 0.1) is 0 Å². The minimum absolute atomic E-state index is 0.0626. The Labute approximate surface area is 137 Å². The van der Waals surface area contributed by atoms with E-state index in [-0.39, 0.29) is 6.61 Å². The second-order valence-electron chi connectivity index (χ2n) is 5.49. The fourth-order valence-corrected chi connectivity index (χ4v) is 3.03. The number of rotatable bonds is 8. The molecule has 1 unspecified atom stereocenters. The molecule has 2 nitrogen and oxygen atoms in total. The summed E-state index contributed by atoms with van der Waals surface area (Å²) in [4.78, 5) is 2.20. The monoisotopic (exact) mass is 351 g/mol. The van der Waals surface area contributed by atoms with Gasteiger partial charge < -0.3 is 10.0 Å². The van der Waals surface area contributed by atoms with Gasteiger partial charge in [0.15, 0.2) is 0 Å². The van der Waals surface area contributed by atoms with E-state index in [0.29, 0.717) is 5.92 Å². The highest BCUT2D eigenvalue weighted by Gasteiger charge is 2.17. The van der Waals surface area contributed by atoms with Gasteiger partial charge in [0.2, 0.25) is 0 Å². The Balaban J connectivity index is 3.08. The predicted octanol–water partition coefficient (Wildman–Crippen LogP) is 4.50. The first kappa shape index (κ1) is 18.1. The van der Waals surface area contributed by atoms with Crippen LogP contribution in [0.25, 0.3) is 0 Å². The lowest BCUT2D eigenvalue weighted by Gasteiger charge is -2.22. The van der Waals surface area contributed by atoms with E-state index < -0.39 is 0 Å². The lowest BCUT2D eigenvalue weighted by Crippen LogP contribution is -2.15. The van der Waals surface area contributed by atoms with Crippen molar-refractivity contribution in [1.29, 1.82) is 0 Å². The summed E-state index contributed by atoms with van der Waals surface area (Å²) in [5.41, 5.74) is 3.42. The van der Waals surface area contributed by atoms with Gasteiger partial charge in [-0.2, -0.15) is 0 Å². The van der Waals surface area contributed by atoms with E-state index in [2.05, 4.69) is 53.6 Å². The first-order valence-corrected chi connectivity index (χ1v) is 8.15. The molecule has 0 saturated heterocycles. The zero-order valence-corrected chi connectivity index (χ0v) is 14.9. The summed E-state index contributed by atoms with van der Waals surface area (Å²) >= 11 is 3.48. The Hall–Kier alpha value is -0.900. The van der Waals surface area contributed by atoms with Crippen LogP contribution in [0.2, 0.25) is 0 Å². The van der Waals surface area contributed by atoms with Crippen LogP contribution in [0.15, 0.2) is 47.0 Å². The van der Waals surface area contributed by atoms with E-state index >= 15 is 0 Å². The summed E-state index contributed by atoms with van der Waals surface area (Å²) in [5.74, 6) is 0.294. The Morgan fingerprint density at radius 1 is 1.43 bits per heavy atom. The molecule has 1 N–H and O–H groups in total. The molecule has 0 saturated carbocycles. The highest BCUT2D eigenvalue weighted by atomic mass is 79.9. The van der Waals surface area contributed by atoms with Gasteiger partial charge in [0.25, 0.3) is 0 Å². The quantitative estimate of drug-likeness (QED) is 0.697. The largest absolute Gasteiger partial charge is 0.392 e. The fourth-order valence-electron chi connectivity index (χ4n) is 2.63. The zero-order valence-electron chi connectivity index (χ0n) is 13.3. The van der Waals surface area contributed by atoms with E-state index in [1.807, 2.05) is 25.1 Å².